The summed E-state index contributed by atoms with van der Waals surface area (Å²) < 4.78 is 3.63. The normalized spacial score (nSPS) is 18.6. The summed E-state index contributed by atoms with van der Waals surface area (Å²) in [6, 6.07) is 21.7. The van der Waals surface area contributed by atoms with Gasteiger partial charge in [-0.1, -0.05) is 0 Å². The van der Waals surface area contributed by atoms with Gasteiger partial charge in [0.1, 0.15) is 0 Å². The third-order valence-corrected chi connectivity index (χ3v) is 10.9. The zero-order chi connectivity index (χ0) is 15.2. The molecule has 1 fully saturated rings. The quantitative estimate of drug-likeness (QED) is 0.678. The van der Waals surface area contributed by atoms with Crippen molar-refractivity contribution in [2.45, 2.75) is 29.4 Å². The van der Waals surface area contributed by atoms with Crippen LogP contribution >= 0.6 is 0 Å². The Morgan fingerprint density at radius 1 is 0.864 bits per heavy atom. The molecule has 2 aromatic rings. The van der Waals surface area contributed by atoms with Crippen molar-refractivity contribution in [2.24, 2.45) is 5.92 Å². The van der Waals surface area contributed by atoms with Gasteiger partial charge in [0, 0.05) is 0 Å². The molecular formula is C19H20OSe2. The van der Waals surface area contributed by atoms with Crippen LogP contribution in [0.15, 0.2) is 60.7 Å². The van der Waals surface area contributed by atoms with Gasteiger partial charge in [-0.05, 0) is 0 Å². The molecule has 0 saturated heterocycles. The predicted octanol–water partition coefficient (Wildman–Crippen LogP) is 2.55. The van der Waals surface area contributed by atoms with Crippen molar-refractivity contribution in [3.63, 3.8) is 0 Å². The van der Waals surface area contributed by atoms with Crippen LogP contribution < -0.4 is 8.92 Å². The molecule has 0 aliphatic heterocycles. The zero-order valence-corrected chi connectivity index (χ0v) is 15.9. The molecule has 0 aromatic heterocycles. The Morgan fingerprint density at radius 2 is 1.41 bits per heavy atom. The first-order valence-corrected chi connectivity index (χ1v) is 11.5. The molecular weight excluding hydrogens is 402 g/mol. The summed E-state index contributed by atoms with van der Waals surface area (Å²) >= 11 is 0.915. The maximum atomic E-state index is 11.9. The first-order valence-electron chi connectivity index (χ1n) is 7.76. The fourth-order valence-electron chi connectivity index (χ4n) is 2.77. The van der Waals surface area contributed by atoms with Crippen LogP contribution in [0.1, 0.15) is 25.7 Å². The van der Waals surface area contributed by atoms with E-state index in [-0.39, 0.29) is 0 Å². The van der Waals surface area contributed by atoms with Crippen molar-refractivity contribution in [1.82, 2.24) is 0 Å². The van der Waals surface area contributed by atoms with Crippen LogP contribution in [0, 0.1) is 5.92 Å². The van der Waals surface area contributed by atoms with Crippen LogP contribution in [0.3, 0.4) is 0 Å². The molecule has 0 heterocycles. The summed E-state index contributed by atoms with van der Waals surface area (Å²) in [6.45, 7) is 0. The first kappa shape index (κ1) is 16.0. The molecule has 2 aromatic carbocycles. The molecule has 0 bridgehead atoms. The van der Waals surface area contributed by atoms with Gasteiger partial charge >= 0.3 is 145 Å². The summed E-state index contributed by atoms with van der Waals surface area (Å²) in [5.74, 6) is 1.08. The van der Waals surface area contributed by atoms with E-state index in [1.807, 2.05) is 0 Å². The summed E-state index contributed by atoms with van der Waals surface area (Å²) in [6.07, 6.45) is 3.95. The average molecular weight is 422 g/mol. The molecule has 3 rings (SSSR count). The number of rotatable bonds is 5. The van der Waals surface area contributed by atoms with E-state index in [2.05, 4.69) is 60.7 Å². The number of benzene rings is 2. The van der Waals surface area contributed by atoms with E-state index < -0.39 is 0 Å². The van der Waals surface area contributed by atoms with Crippen molar-refractivity contribution in [3.05, 3.63) is 60.7 Å². The second-order valence-corrected chi connectivity index (χ2v) is 12.2. The van der Waals surface area contributed by atoms with E-state index in [1.54, 1.807) is 0 Å². The Bertz CT molecular complexity index is 556. The van der Waals surface area contributed by atoms with E-state index in [0.29, 0.717) is 45.3 Å². The van der Waals surface area contributed by atoms with Crippen LogP contribution in [0.4, 0.5) is 0 Å². The van der Waals surface area contributed by atoms with Crippen LogP contribution in [0.2, 0.25) is 3.71 Å². The molecule has 3 heteroatoms. The summed E-state index contributed by atoms with van der Waals surface area (Å²) in [7, 11) is 0. The van der Waals surface area contributed by atoms with E-state index in [4.69, 9.17) is 0 Å². The van der Waals surface area contributed by atoms with Gasteiger partial charge < -0.3 is 0 Å². The van der Waals surface area contributed by atoms with Gasteiger partial charge in [-0.2, -0.15) is 0 Å². The van der Waals surface area contributed by atoms with Gasteiger partial charge in [-0.3, -0.25) is 0 Å². The van der Waals surface area contributed by atoms with Gasteiger partial charge in [0.25, 0.3) is 0 Å². The van der Waals surface area contributed by atoms with Gasteiger partial charge in [-0.15, -0.1) is 0 Å². The molecule has 1 atom stereocenters. The average Bonchev–Trinajstić information content (AvgIpc) is 2.56. The molecule has 0 radical (unpaired) electrons. The van der Waals surface area contributed by atoms with Crippen molar-refractivity contribution >= 4 is 44.6 Å². The molecule has 22 heavy (non-hydrogen) atoms. The summed E-state index contributed by atoms with van der Waals surface area (Å²) in [5.41, 5.74) is 0. The fourth-order valence-corrected chi connectivity index (χ4v) is 10.0. The Hall–Kier alpha value is -0.851. The predicted molar refractivity (Wildman–Crippen MR) is 94.4 cm³/mol. The SMILES string of the molecule is O=C1CCCC(C([Se]c2ccccc2)[Se]c2ccccc2)C1. The third kappa shape index (κ3) is 4.57. The Labute approximate surface area is 145 Å². The number of Topliss-reactive ketones (excluding diaryl/α,β-unsaturated/α-hetero) is 1. The van der Waals surface area contributed by atoms with Gasteiger partial charge in [0.2, 0.25) is 0 Å². The summed E-state index contributed by atoms with van der Waals surface area (Å²) in [5, 5.41) is 0. The molecule has 1 aliphatic rings. The number of hydrogen-bond acceptors (Lipinski definition) is 1. The third-order valence-electron chi connectivity index (χ3n) is 3.90. The standard InChI is InChI=1S/C19H20OSe2/c20-16-9-7-8-15(14-16)19(21-17-10-3-1-4-11-17)22-18-12-5-2-6-13-18/h1-6,10-13,15,19H,7-9,14H2. The van der Waals surface area contributed by atoms with Crippen LogP contribution in [-0.2, 0) is 4.79 Å². The molecule has 1 saturated carbocycles. The van der Waals surface area contributed by atoms with E-state index in [9.17, 15) is 4.79 Å². The number of ketones is 1. The van der Waals surface area contributed by atoms with E-state index in [0.717, 1.165) is 19.3 Å². The Kier molecular flexibility index (Phi) is 5.92. The zero-order valence-electron chi connectivity index (χ0n) is 12.5. The van der Waals surface area contributed by atoms with Crippen LogP contribution in [0.5, 0.6) is 0 Å². The molecule has 1 nitrogen and oxygen atoms in total. The number of hydrogen-bond donors (Lipinski definition) is 0. The molecule has 114 valence electrons. The van der Waals surface area contributed by atoms with Crippen LogP contribution in [-0.4, -0.2) is 35.7 Å². The number of carbonyl (C=O) groups excluding carboxylic acids is 1. The minimum absolute atomic E-state index is 0.458. The van der Waals surface area contributed by atoms with E-state index in [1.165, 1.54) is 15.3 Å². The van der Waals surface area contributed by atoms with Gasteiger partial charge in [-0.25, -0.2) is 0 Å². The first-order chi connectivity index (χ1) is 10.8. The molecule has 1 unspecified atom stereocenters. The molecule has 0 amide bonds. The van der Waals surface area contributed by atoms with Crippen LogP contribution in [0.25, 0.3) is 0 Å². The Balaban J connectivity index is 1.76. The molecule has 1 aliphatic carbocycles. The second-order valence-electron chi connectivity index (χ2n) is 5.63. The molecule has 0 spiro atoms. The number of carbonyl (C=O) groups is 1. The summed E-state index contributed by atoms with van der Waals surface area (Å²) in [4.78, 5) is 11.9. The van der Waals surface area contributed by atoms with Gasteiger partial charge in [0.15, 0.2) is 0 Å². The van der Waals surface area contributed by atoms with Crippen molar-refractivity contribution in [3.8, 4) is 0 Å². The van der Waals surface area contributed by atoms with Crippen molar-refractivity contribution in [2.75, 3.05) is 0 Å². The maximum absolute atomic E-state index is 11.9. The second kappa shape index (κ2) is 8.13. The fraction of sp³-hybridized carbons (Fsp3) is 0.316. The van der Waals surface area contributed by atoms with Crippen molar-refractivity contribution in [1.29, 1.82) is 0 Å². The minimum atomic E-state index is 0.458. The topological polar surface area (TPSA) is 17.1 Å². The van der Waals surface area contributed by atoms with E-state index >= 15 is 0 Å². The Morgan fingerprint density at radius 3 is 1.91 bits per heavy atom. The monoisotopic (exact) mass is 424 g/mol. The van der Waals surface area contributed by atoms with Gasteiger partial charge in [0.05, 0.1) is 0 Å². The van der Waals surface area contributed by atoms with Crippen molar-refractivity contribution < 1.29 is 4.79 Å². The molecule has 0 N–H and O–H groups in total.